The van der Waals surface area contributed by atoms with Gasteiger partial charge in [0.2, 0.25) is 10.0 Å². The summed E-state index contributed by atoms with van der Waals surface area (Å²) >= 11 is 1.17. The quantitative estimate of drug-likeness (QED) is 0.761. The summed E-state index contributed by atoms with van der Waals surface area (Å²) in [6.45, 7) is 0. The smallest absolute Gasteiger partial charge is 0.202 e. The summed E-state index contributed by atoms with van der Waals surface area (Å²) in [5, 5.41) is 1.88. The van der Waals surface area contributed by atoms with Crippen molar-refractivity contribution >= 4 is 32.2 Å². The van der Waals surface area contributed by atoms with Gasteiger partial charge in [-0.3, -0.25) is 0 Å². The second-order valence-electron chi connectivity index (χ2n) is 8.37. The lowest BCUT2D eigenvalue weighted by Gasteiger charge is -2.52. The largest absolute Gasteiger partial charge is 0.433 e. The van der Waals surface area contributed by atoms with E-state index in [9.17, 15) is 8.42 Å². The van der Waals surface area contributed by atoms with Crippen molar-refractivity contribution in [2.24, 2.45) is 17.8 Å². The number of nitrogens with zero attached hydrogens (tertiary/aromatic N) is 2. The summed E-state index contributed by atoms with van der Waals surface area (Å²) in [7, 11) is -3.68. The van der Waals surface area contributed by atoms with E-state index in [0.29, 0.717) is 11.2 Å². The van der Waals surface area contributed by atoms with Crippen molar-refractivity contribution in [3.8, 4) is 0 Å². The first kappa shape index (κ1) is 18.7. The molecule has 1 aromatic carbocycles. The van der Waals surface area contributed by atoms with Gasteiger partial charge in [0.1, 0.15) is 0 Å². The zero-order valence-corrected chi connectivity index (χ0v) is 16.9. The number of benzene rings is 1. The van der Waals surface area contributed by atoms with E-state index in [2.05, 4.69) is 15.4 Å². The number of hydrogen-bond acceptors (Lipinski definition) is 5. The summed E-state index contributed by atoms with van der Waals surface area (Å²) in [6.07, 6.45) is 10.5. The Hall–Kier alpha value is -1.64. The monoisotopic (exact) mass is 406 g/mol. The first-order chi connectivity index (χ1) is 12.8. The van der Waals surface area contributed by atoms with Gasteiger partial charge in [-0.2, -0.15) is 11.3 Å². The second-order valence-corrected chi connectivity index (χ2v) is 10.8. The van der Waals surface area contributed by atoms with Crippen LogP contribution in [0.2, 0.25) is 0 Å². The van der Waals surface area contributed by atoms with Crippen molar-refractivity contribution in [1.29, 1.82) is 0 Å². The van der Waals surface area contributed by atoms with Crippen LogP contribution < -0.4 is 11.5 Å². The molecule has 4 bridgehead atoms. The van der Waals surface area contributed by atoms with E-state index in [-0.39, 0.29) is 10.0 Å². The fraction of sp³-hybridized carbons (Fsp3) is 0.526. The summed E-state index contributed by atoms with van der Waals surface area (Å²) < 4.78 is 27.1. The maximum atomic E-state index is 11.8. The van der Waals surface area contributed by atoms with Crippen molar-refractivity contribution in [1.82, 2.24) is 4.98 Å². The molecule has 4 aliphatic rings. The predicted octanol–water partition coefficient (Wildman–Crippen LogP) is 3.32. The number of rotatable bonds is 3. The Kier molecular flexibility index (Phi) is 4.90. The summed E-state index contributed by atoms with van der Waals surface area (Å²) in [6, 6.07) is 5.87. The van der Waals surface area contributed by atoms with Crippen LogP contribution in [0.5, 0.6) is 0 Å². The van der Waals surface area contributed by atoms with Crippen LogP contribution in [0.4, 0.5) is 10.8 Å². The van der Waals surface area contributed by atoms with Crippen molar-refractivity contribution in [2.45, 2.75) is 49.0 Å². The lowest BCUT2D eigenvalue weighted by Crippen LogP contribution is -2.77. The molecule has 4 fully saturated rings. The van der Waals surface area contributed by atoms with Crippen LogP contribution in [-0.4, -0.2) is 18.9 Å². The number of thiazole rings is 1. The van der Waals surface area contributed by atoms with E-state index in [0.717, 1.165) is 17.8 Å². The standard InChI is InChI=1S/C10H17N.C9H8N3O2S2/c11-10-4-7-1-8(5-10)3-9(2-7)6-10;10-7-1-3-8(4-2-7)16(13,14)12-9-11-5-6-15-9/h7-9H,1-6,11H2;1-6H,10H2/q;-1/p+1. The minimum atomic E-state index is -3.68. The molecule has 0 spiro atoms. The molecule has 5 N–H and O–H groups in total. The van der Waals surface area contributed by atoms with E-state index in [4.69, 9.17) is 5.73 Å². The third-order valence-corrected chi connectivity index (χ3v) is 8.02. The fourth-order valence-corrected chi connectivity index (χ4v) is 7.02. The number of hydrogen-bond donors (Lipinski definition) is 2. The SMILES string of the molecule is Nc1ccc(S(=O)(=O)[N-]c2nccs2)cc1.[NH3+]C12CC3CC(CC(C3)C1)C2. The van der Waals surface area contributed by atoms with Crippen molar-refractivity contribution < 1.29 is 14.2 Å². The van der Waals surface area contributed by atoms with Gasteiger partial charge in [0.05, 0.1) is 10.4 Å². The average molecular weight is 407 g/mol. The second kappa shape index (κ2) is 7.07. The van der Waals surface area contributed by atoms with Gasteiger partial charge in [-0.15, -0.1) is 0 Å². The molecule has 27 heavy (non-hydrogen) atoms. The van der Waals surface area contributed by atoms with Gasteiger partial charge in [0.15, 0.2) is 0 Å². The van der Waals surface area contributed by atoms with Gasteiger partial charge >= 0.3 is 0 Å². The molecule has 2 aromatic rings. The number of aromatic nitrogens is 1. The highest BCUT2D eigenvalue weighted by Gasteiger charge is 2.51. The van der Waals surface area contributed by atoms with Crippen LogP contribution in [0.15, 0.2) is 40.7 Å². The third kappa shape index (κ3) is 4.28. The van der Waals surface area contributed by atoms with Gasteiger partial charge in [-0.1, -0.05) is 6.20 Å². The normalized spacial score (nSPS) is 31.2. The highest BCUT2D eigenvalue weighted by Crippen LogP contribution is 2.53. The van der Waals surface area contributed by atoms with Crippen LogP contribution in [0.25, 0.3) is 4.72 Å². The molecule has 0 amide bonds. The molecular formula is C19H26N4O2S2. The van der Waals surface area contributed by atoms with Crippen LogP contribution in [-0.2, 0) is 10.0 Å². The first-order valence-electron chi connectivity index (χ1n) is 9.40. The number of quaternary nitrogens is 1. The van der Waals surface area contributed by atoms with E-state index >= 15 is 0 Å². The lowest BCUT2D eigenvalue weighted by atomic mass is 9.53. The van der Waals surface area contributed by atoms with E-state index in [1.165, 1.54) is 61.1 Å². The van der Waals surface area contributed by atoms with E-state index in [1.54, 1.807) is 24.6 Å². The molecule has 1 aromatic heterocycles. The molecule has 0 radical (unpaired) electrons. The predicted molar refractivity (Wildman–Crippen MR) is 107 cm³/mol. The van der Waals surface area contributed by atoms with Gasteiger partial charge < -0.3 is 21.2 Å². The molecular weight excluding hydrogens is 380 g/mol. The molecule has 6 rings (SSSR count). The molecule has 1 heterocycles. The van der Waals surface area contributed by atoms with Gasteiger partial charge in [-0.05, 0) is 66.7 Å². The van der Waals surface area contributed by atoms with Gasteiger partial charge in [-0.25, -0.2) is 8.42 Å². The third-order valence-electron chi connectivity index (χ3n) is 5.96. The average Bonchev–Trinajstić information content (AvgIpc) is 3.06. The van der Waals surface area contributed by atoms with Crippen molar-refractivity contribution in [3.63, 3.8) is 0 Å². The molecule has 146 valence electrons. The number of sulfonamides is 1. The fourth-order valence-electron chi connectivity index (χ4n) is 5.35. The van der Waals surface area contributed by atoms with Crippen LogP contribution in [0, 0.1) is 17.8 Å². The Labute approximate surface area is 164 Å². The Morgan fingerprint density at radius 3 is 2.07 bits per heavy atom. The zero-order valence-electron chi connectivity index (χ0n) is 15.3. The molecule has 4 saturated carbocycles. The van der Waals surface area contributed by atoms with E-state index < -0.39 is 10.0 Å². The molecule has 0 unspecified atom stereocenters. The Bertz CT molecular complexity index is 844. The Morgan fingerprint density at radius 2 is 1.63 bits per heavy atom. The molecule has 0 aliphatic heterocycles. The summed E-state index contributed by atoms with van der Waals surface area (Å²) in [5.41, 5.74) is 11.0. The van der Waals surface area contributed by atoms with Crippen molar-refractivity contribution in [2.75, 3.05) is 5.73 Å². The zero-order chi connectivity index (χ0) is 19.1. The van der Waals surface area contributed by atoms with Crippen LogP contribution >= 0.6 is 11.3 Å². The topological polar surface area (TPSA) is 115 Å². The Balaban J connectivity index is 0.000000141. The number of anilines is 1. The maximum Gasteiger partial charge on any atom is 0.202 e. The first-order valence-corrected chi connectivity index (χ1v) is 11.7. The maximum absolute atomic E-state index is 11.8. The minimum absolute atomic E-state index is 0.108. The summed E-state index contributed by atoms with van der Waals surface area (Å²) in [4.78, 5) is 3.90. The van der Waals surface area contributed by atoms with Gasteiger partial charge in [0.25, 0.3) is 0 Å². The molecule has 8 heteroatoms. The number of nitrogens with two attached hydrogens (primary N) is 1. The lowest BCUT2D eigenvalue weighted by molar-refractivity contribution is -0.504. The van der Waals surface area contributed by atoms with Crippen LogP contribution in [0.3, 0.4) is 0 Å². The van der Waals surface area contributed by atoms with Crippen LogP contribution in [0.1, 0.15) is 38.5 Å². The number of nitrogen functional groups attached to an aromatic ring is 1. The highest BCUT2D eigenvalue weighted by molar-refractivity contribution is 7.94. The molecule has 0 saturated heterocycles. The van der Waals surface area contributed by atoms with E-state index in [1.807, 2.05) is 0 Å². The summed E-state index contributed by atoms with van der Waals surface area (Å²) in [5.74, 6) is 3.25. The minimum Gasteiger partial charge on any atom is -0.433 e. The molecule has 0 atom stereocenters. The molecule has 4 aliphatic carbocycles. The highest BCUT2D eigenvalue weighted by atomic mass is 32.2. The van der Waals surface area contributed by atoms with Gasteiger partial charge in [0, 0.05) is 30.1 Å². The molecule has 6 nitrogen and oxygen atoms in total. The van der Waals surface area contributed by atoms with Crippen molar-refractivity contribution in [3.05, 3.63) is 40.6 Å². The Morgan fingerprint density at radius 1 is 1.07 bits per heavy atom.